The van der Waals surface area contributed by atoms with Gasteiger partial charge in [0.05, 0.1) is 10.7 Å². The zero-order chi connectivity index (χ0) is 13.1. The van der Waals surface area contributed by atoms with E-state index in [1.165, 1.54) is 29.5 Å². The first-order valence-corrected chi connectivity index (χ1v) is 6.11. The minimum atomic E-state index is -1.05. The maximum absolute atomic E-state index is 13.0. The van der Waals surface area contributed by atoms with Crippen molar-refractivity contribution in [2.45, 2.75) is 13.0 Å². The molecule has 0 saturated heterocycles. The summed E-state index contributed by atoms with van der Waals surface area (Å²) in [5.41, 5.74) is 0.835. The van der Waals surface area contributed by atoms with Crippen LogP contribution in [0, 0.1) is 12.7 Å². The lowest BCUT2D eigenvalue weighted by molar-refractivity contribution is -0.138. The molecule has 1 unspecified atom stereocenters. The van der Waals surface area contributed by atoms with Gasteiger partial charge in [0, 0.05) is 11.1 Å². The summed E-state index contributed by atoms with van der Waals surface area (Å²) in [6.45, 7) is 1.80. The molecule has 18 heavy (non-hydrogen) atoms. The SMILES string of the molecule is Cc1nc(C(Nc2cccc(F)c2)C(=O)O)cs1. The van der Waals surface area contributed by atoms with Gasteiger partial charge in [-0.3, -0.25) is 0 Å². The molecule has 0 aliphatic carbocycles. The summed E-state index contributed by atoms with van der Waals surface area (Å²) >= 11 is 1.38. The molecular formula is C12H11FN2O2S. The lowest BCUT2D eigenvalue weighted by Gasteiger charge is -2.13. The van der Waals surface area contributed by atoms with Crippen LogP contribution in [0.3, 0.4) is 0 Å². The summed E-state index contributed by atoms with van der Waals surface area (Å²) in [5, 5.41) is 14.4. The van der Waals surface area contributed by atoms with Crippen molar-refractivity contribution < 1.29 is 14.3 Å². The van der Waals surface area contributed by atoms with E-state index < -0.39 is 17.8 Å². The summed E-state index contributed by atoms with van der Waals surface area (Å²) in [6, 6.07) is 4.70. The average molecular weight is 266 g/mol. The fourth-order valence-electron chi connectivity index (χ4n) is 1.52. The first-order valence-electron chi connectivity index (χ1n) is 5.23. The molecule has 2 rings (SSSR count). The zero-order valence-electron chi connectivity index (χ0n) is 9.55. The van der Waals surface area contributed by atoms with Crippen molar-refractivity contribution in [2.24, 2.45) is 0 Å². The number of halogens is 1. The monoisotopic (exact) mass is 266 g/mol. The predicted molar refractivity (Wildman–Crippen MR) is 67.3 cm³/mol. The molecule has 6 heteroatoms. The Morgan fingerprint density at radius 3 is 2.89 bits per heavy atom. The van der Waals surface area contributed by atoms with Crippen molar-refractivity contribution in [1.29, 1.82) is 0 Å². The van der Waals surface area contributed by atoms with Crippen LogP contribution in [0.25, 0.3) is 0 Å². The molecule has 0 spiro atoms. The van der Waals surface area contributed by atoms with Gasteiger partial charge in [-0.05, 0) is 25.1 Å². The third-order valence-electron chi connectivity index (χ3n) is 2.32. The van der Waals surface area contributed by atoms with E-state index in [4.69, 9.17) is 0 Å². The summed E-state index contributed by atoms with van der Waals surface area (Å²) in [4.78, 5) is 15.3. The molecule has 0 aliphatic heterocycles. The number of rotatable bonds is 4. The van der Waals surface area contributed by atoms with E-state index in [2.05, 4.69) is 10.3 Å². The number of nitrogens with zero attached hydrogens (tertiary/aromatic N) is 1. The molecule has 0 fully saturated rings. The van der Waals surface area contributed by atoms with E-state index in [-0.39, 0.29) is 0 Å². The number of carbonyl (C=O) groups is 1. The van der Waals surface area contributed by atoms with Gasteiger partial charge in [-0.25, -0.2) is 14.2 Å². The molecule has 2 N–H and O–H groups in total. The van der Waals surface area contributed by atoms with Crippen molar-refractivity contribution >= 4 is 23.0 Å². The van der Waals surface area contributed by atoms with Crippen LogP contribution < -0.4 is 5.32 Å². The number of hydrogen-bond acceptors (Lipinski definition) is 4. The summed E-state index contributed by atoms with van der Waals surface area (Å²) < 4.78 is 13.0. The smallest absolute Gasteiger partial charge is 0.332 e. The Kier molecular flexibility index (Phi) is 3.57. The van der Waals surface area contributed by atoms with Crippen LogP contribution in [-0.4, -0.2) is 16.1 Å². The van der Waals surface area contributed by atoms with Crippen molar-refractivity contribution in [2.75, 3.05) is 5.32 Å². The largest absolute Gasteiger partial charge is 0.479 e. The molecule has 1 aromatic heterocycles. The Morgan fingerprint density at radius 2 is 2.33 bits per heavy atom. The molecular weight excluding hydrogens is 255 g/mol. The Hall–Kier alpha value is -1.95. The highest BCUT2D eigenvalue weighted by atomic mass is 32.1. The standard InChI is InChI=1S/C12H11FN2O2S/c1-7-14-10(6-18-7)11(12(16)17)15-9-4-2-3-8(13)5-9/h2-6,11,15H,1H3,(H,16,17). The van der Waals surface area contributed by atoms with Crippen LogP contribution in [0.1, 0.15) is 16.7 Å². The number of hydrogen-bond donors (Lipinski definition) is 2. The highest BCUT2D eigenvalue weighted by Gasteiger charge is 2.22. The topological polar surface area (TPSA) is 62.2 Å². The van der Waals surface area contributed by atoms with Crippen LogP contribution in [0.2, 0.25) is 0 Å². The molecule has 1 heterocycles. The molecule has 0 amide bonds. The molecule has 1 aromatic carbocycles. The number of aromatic nitrogens is 1. The van der Waals surface area contributed by atoms with Gasteiger partial charge >= 0.3 is 5.97 Å². The first-order chi connectivity index (χ1) is 8.56. The summed E-state index contributed by atoms with van der Waals surface area (Å²) in [6.07, 6.45) is 0. The van der Waals surface area contributed by atoms with Crippen LogP contribution in [0.4, 0.5) is 10.1 Å². The zero-order valence-corrected chi connectivity index (χ0v) is 10.4. The summed E-state index contributed by atoms with van der Waals surface area (Å²) in [7, 11) is 0. The molecule has 0 bridgehead atoms. The third-order valence-corrected chi connectivity index (χ3v) is 3.11. The van der Waals surface area contributed by atoms with E-state index >= 15 is 0 Å². The Morgan fingerprint density at radius 1 is 1.56 bits per heavy atom. The summed E-state index contributed by atoms with van der Waals surface area (Å²) in [5.74, 6) is -1.47. The van der Waals surface area contributed by atoms with Gasteiger partial charge < -0.3 is 10.4 Å². The maximum atomic E-state index is 13.0. The Balaban J connectivity index is 2.24. The third kappa shape index (κ3) is 2.84. The number of aliphatic carboxylic acids is 1. The lowest BCUT2D eigenvalue weighted by atomic mass is 10.2. The number of thiazole rings is 1. The maximum Gasteiger partial charge on any atom is 0.332 e. The second-order valence-electron chi connectivity index (χ2n) is 3.72. The number of aryl methyl sites for hydroxylation is 1. The van der Waals surface area contributed by atoms with E-state index in [9.17, 15) is 14.3 Å². The molecule has 4 nitrogen and oxygen atoms in total. The van der Waals surface area contributed by atoms with Crippen LogP contribution in [0.15, 0.2) is 29.6 Å². The van der Waals surface area contributed by atoms with Gasteiger partial charge in [-0.15, -0.1) is 11.3 Å². The van der Waals surface area contributed by atoms with Gasteiger partial charge in [-0.2, -0.15) is 0 Å². The fourth-order valence-corrected chi connectivity index (χ4v) is 2.16. The van der Waals surface area contributed by atoms with E-state index in [1.54, 1.807) is 18.4 Å². The number of carboxylic acids is 1. The van der Waals surface area contributed by atoms with E-state index in [0.29, 0.717) is 11.4 Å². The van der Waals surface area contributed by atoms with Gasteiger partial charge in [0.1, 0.15) is 5.82 Å². The molecule has 94 valence electrons. The predicted octanol–water partition coefficient (Wildman–Crippen LogP) is 2.83. The normalized spacial score (nSPS) is 12.1. The fraction of sp³-hybridized carbons (Fsp3) is 0.167. The number of nitrogens with one attached hydrogen (secondary N) is 1. The average Bonchev–Trinajstić information content (AvgIpc) is 2.72. The highest BCUT2D eigenvalue weighted by molar-refractivity contribution is 7.09. The van der Waals surface area contributed by atoms with E-state index in [0.717, 1.165) is 5.01 Å². The van der Waals surface area contributed by atoms with Gasteiger partial charge in [0.2, 0.25) is 0 Å². The van der Waals surface area contributed by atoms with E-state index in [1.807, 2.05) is 0 Å². The molecule has 1 atom stereocenters. The number of anilines is 1. The van der Waals surface area contributed by atoms with Gasteiger partial charge in [0.25, 0.3) is 0 Å². The van der Waals surface area contributed by atoms with Crippen molar-refractivity contribution in [3.8, 4) is 0 Å². The minimum absolute atomic E-state index is 0.410. The molecule has 0 saturated carbocycles. The molecule has 0 aliphatic rings. The quantitative estimate of drug-likeness (QED) is 0.893. The van der Waals surface area contributed by atoms with Crippen molar-refractivity contribution in [1.82, 2.24) is 4.98 Å². The molecule has 0 radical (unpaired) electrons. The lowest BCUT2D eigenvalue weighted by Crippen LogP contribution is -2.20. The molecule has 2 aromatic rings. The van der Waals surface area contributed by atoms with Crippen molar-refractivity contribution in [3.63, 3.8) is 0 Å². The minimum Gasteiger partial charge on any atom is -0.479 e. The van der Waals surface area contributed by atoms with Gasteiger partial charge in [0.15, 0.2) is 6.04 Å². The van der Waals surface area contributed by atoms with Crippen LogP contribution in [0.5, 0.6) is 0 Å². The Bertz CT molecular complexity index is 571. The van der Waals surface area contributed by atoms with Crippen LogP contribution in [-0.2, 0) is 4.79 Å². The Labute approximate surface area is 107 Å². The van der Waals surface area contributed by atoms with Crippen molar-refractivity contribution in [3.05, 3.63) is 46.2 Å². The first kappa shape index (κ1) is 12.5. The second kappa shape index (κ2) is 5.14. The van der Waals surface area contributed by atoms with Crippen LogP contribution >= 0.6 is 11.3 Å². The second-order valence-corrected chi connectivity index (χ2v) is 4.78. The highest BCUT2D eigenvalue weighted by Crippen LogP contribution is 2.22. The number of carboxylic acid groups (broad SMARTS) is 1. The van der Waals surface area contributed by atoms with Gasteiger partial charge in [-0.1, -0.05) is 6.07 Å². The number of benzene rings is 1.